The van der Waals surface area contributed by atoms with E-state index in [1.54, 1.807) is 7.11 Å². The van der Waals surface area contributed by atoms with Gasteiger partial charge in [-0.1, -0.05) is 24.3 Å². The van der Waals surface area contributed by atoms with Crippen molar-refractivity contribution in [1.29, 1.82) is 0 Å². The van der Waals surface area contributed by atoms with Crippen LogP contribution in [0.4, 0.5) is 0 Å². The Bertz CT molecular complexity index is 306. The molecule has 3 heteroatoms. The third-order valence-corrected chi connectivity index (χ3v) is 2.64. The molecule has 16 heavy (non-hydrogen) atoms. The molecule has 0 amide bonds. The summed E-state index contributed by atoms with van der Waals surface area (Å²) < 4.78 is 5.32. The lowest BCUT2D eigenvalue weighted by molar-refractivity contribution is 0.0230. The minimum atomic E-state index is -0.134. The molecular formula is C13H21NO2. The number of hydrogen-bond donors (Lipinski definition) is 2. The molecule has 0 unspecified atom stereocenters. The van der Waals surface area contributed by atoms with Gasteiger partial charge in [0.05, 0.1) is 12.2 Å². The molecule has 0 saturated heterocycles. The summed E-state index contributed by atoms with van der Waals surface area (Å²) in [6.07, 6.45) is 0. The largest absolute Gasteiger partial charge is 0.392 e. The topological polar surface area (TPSA) is 41.5 Å². The number of methoxy groups -OCH3 is 1. The van der Waals surface area contributed by atoms with Gasteiger partial charge < -0.3 is 15.2 Å². The van der Waals surface area contributed by atoms with Gasteiger partial charge in [0, 0.05) is 20.2 Å². The number of nitrogens with one attached hydrogen (secondary N) is 1. The molecule has 0 aliphatic carbocycles. The molecule has 0 aromatic heterocycles. The Morgan fingerprint density at radius 3 is 2.25 bits per heavy atom. The van der Waals surface area contributed by atoms with Crippen molar-refractivity contribution in [3.8, 4) is 0 Å². The second-order valence-corrected chi connectivity index (χ2v) is 4.54. The molecule has 90 valence electrons. The number of benzene rings is 1. The molecule has 1 aromatic carbocycles. The van der Waals surface area contributed by atoms with Gasteiger partial charge in [-0.25, -0.2) is 0 Å². The van der Waals surface area contributed by atoms with E-state index < -0.39 is 0 Å². The first-order chi connectivity index (χ1) is 7.57. The lowest BCUT2D eigenvalue weighted by Gasteiger charge is -2.23. The van der Waals surface area contributed by atoms with Crippen molar-refractivity contribution in [3.05, 3.63) is 35.4 Å². The zero-order chi connectivity index (χ0) is 12.0. The van der Waals surface area contributed by atoms with Crippen LogP contribution >= 0.6 is 0 Å². The van der Waals surface area contributed by atoms with E-state index in [-0.39, 0.29) is 12.2 Å². The first-order valence-corrected chi connectivity index (χ1v) is 5.52. The van der Waals surface area contributed by atoms with Crippen LogP contribution in [0.5, 0.6) is 0 Å². The maximum atomic E-state index is 8.91. The summed E-state index contributed by atoms with van der Waals surface area (Å²) in [4.78, 5) is 0. The average Bonchev–Trinajstić information content (AvgIpc) is 2.30. The highest BCUT2D eigenvalue weighted by Crippen LogP contribution is 2.07. The third-order valence-electron chi connectivity index (χ3n) is 2.64. The van der Waals surface area contributed by atoms with Crippen LogP contribution in [0.25, 0.3) is 0 Å². The van der Waals surface area contributed by atoms with Crippen LogP contribution in [-0.2, 0) is 17.9 Å². The Balaban J connectivity index is 2.37. The minimum absolute atomic E-state index is 0.102. The van der Waals surface area contributed by atoms with Gasteiger partial charge in [0.25, 0.3) is 0 Å². The highest BCUT2D eigenvalue weighted by Gasteiger charge is 2.14. The Morgan fingerprint density at radius 1 is 1.19 bits per heavy atom. The predicted molar refractivity (Wildman–Crippen MR) is 65.2 cm³/mol. The van der Waals surface area contributed by atoms with Crippen molar-refractivity contribution < 1.29 is 9.84 Å². The van der Waals surface area contributed by atoms with E-state index in [4.69, 9.17) is 9.84 Å². The Kier molecular flexibility index (Phi) is 4.93. The van der Waals surface area contributed by atoms with Crippen LogP contribution in [0, 0.1) is 0 Å². The molecular weight excluding hydrogens is 202 g/mol. The molecule has 0 heterocycles. The van der Waals surface area contributed by atoms with Crippen LogP contribution in [0.15, 0.2) is 24.3 Å². The van der Waals surface area contributed by atoms with Crippen LogP contribution in [-0.4, -0.2) is 24.4 Å². The van der Waals surface area contributed by atoms with Crippen molar-refractivity contribution >= 4 is 0 Å². The fourth-order valence-corrected chi connectivity index (χ4v) is 1.34. The highest BCUT2D eigenvalue weighted by atomic mass is 16.5. The van der Waals surface area contributed by atoms with Crippen molar-refractivity contribution in [2.24, 2.45) is 0 Å². The van der Waals surface area contributed by atoms with Gasteiger partial charge in [-0.3, -0.25) is 0 Å². The molecule has 0 radical (unpaired) electrons. The lowest BCUT2D eigenvalue weighted by atomic mass is 10.1. The van der Waals surface area contributed by atoms with Crippen molar-refractivity contribution in [2.75, 3.05) is 13.7 Å². The highest BCUT2D eigenvalue weighted by molar-refractivity contribution is 5.21. The van der Waals surface area contributed by atoms with Gasteiger partial charge in [0.2, 0.25) is 0 Å². The van der Waals surface area contributed by atoms with Gasteiger partial charge in [0.15, 0.2) is 0 Å². The van der Waals surface area contributed by atoms with Crippen LogP contribution in [0.3, 0.4) is 0 Å². The van der Waals surface area contributed by atoms with Gasteiger partial charge in [-0.05, 0) is 25.0 Å². The molecule has 1 aromatic rings. The number of rotatable bonds is 6. The lowest BCUT2D eigenvalue weighted by Crippen LogP contribution is -2.36. The smallest absolute Gasteiger partial charge is 0.0746 e. The van der Waals surface area contributed by atoms with Crippen molar-refractivity contribution in [3.63, 3.8) is 0 Å². The second kappa shape index (κ2) is 5.99. The second-order valence-electron chi connectivity index (χ2n) is 4.54. The fourth-order valence-electron chi connectivity index (χ4n) is 1.34. The summed E-state index contributed by atoms with van der Waals surface area (Å²) in [7, 11) is 1.72. The standard InChI is InChI=1S/C13H21NO2/c1-13(2,16-3)10-14-8-11-4-6-12(9-15)7-5-11/h4-7,14-15H,8-10H2,1-3H3. The summed E-state index contributed by atoms with van der Waals surface area (Å²) in [6, 6.07) is 7.94. The van der Waals surface area contributed by atoms with E-state index in [1.807, 2.05) is 24.3 Å². The molecule has 0 fully saturated rings. The number of aliphatic hydroxyl groups is 1. The molecule has 1 rings (SSSR count). The summed E-state index contributed by atoms with van der Waals surface area (Å²) in [6.45, 7) is 5.83. The number of hydrogen-bond acceptors (Lipinski definition) is 3. The normalized spacial score (nSPS) is 11.8. The SMILES string of the molecule is COC(C)(C)CNCc1ccc(CO)cc1. The monoisotopic (exact) mass is 223 g/mol. The maximum Gasteiger partial charge on any atom is 0.0746 e. The van der Waals surface area contributed by atoms with E-state index in [0.717, 1.165) is 18.7 Å². The zero-order valence-electron chi connectivity index (χ0n) is 10.3. The molecule has 0 atom stereocenters. The van der Waals surface area contributed by atoms with Gasteiger partial charge in [-0.2, -0.15) is 0 Å². The Hall–Kier alpha value is -0.900. The molecule has 0 aliphatic heterocycles. The quantitative estimate of drug-likeness (QED) is 0.771. The number of aliphatic hydroxyl groups excluding tert-OH is 1. The molecule has 0 bridgehead atoms. The average molecular weight is 223 g/mol. The summed E-state index contributed by atoms with van der Waals surface area (Å²) >= 11 is 0. The fraction of sp³-hybridized carbons (Fsp3) is 0.538. The van der Waals surface area contributed by atoms with Crippen LogP contribution < -0.4 is 5.32 Å². The zero-order valence-corrected chi connectivity index (χ0v) is 10.3. The summed E-state index contributed by atoms with van der Waals surface area (Å²) in [5, 5.41) is 12.3. The Morgan fingerprint density at radius 2 is 1.75 bits per heavy atom. The minimum Gasteiger partial charge on any atom is -0.392 e. The van der Waals surface area contributed by atoms with Crippen molar-refractivity contribution in [1.82, 2.24) is 5.32 Å². The van der Waals surface area contributed by atoms with Gasteiger partial charge >= 0.3 is 0 Å². The molecule has 0 spiro atoms. The van der Waals surface area contributed by atoms with Crippen molar-refractivity contribution in [2.45, 2.75) is 32.6 Å². The van der Waals surface area contributed by atoms with Crippen LogP contribution in [0.1, 0.15) is 25.0 Å². The molecule has 3 nitrogen and oxygen atoms in total. The summed E-state index contributed by atoms with van der Waals surface area (Å²) in [5.74, 6) is 0. The van der Waals surface area contributed by atoms with Gasteiger partial charge in [-0.15, -0.1) is 0 Å². The van der Waals surface area contributed by atoms with E-state index in [1.165, 1.54) is 5.56 Å². The molecule has 2 N–H and O–H groups in total. The van der Waals surface area contributed by atoms with E-state index in [0.29, 0.717) is 0 Å². The van der Waals surface area contributed by atoms with E-state index in [2.05, 4.69) is 19.2 Å². The van der Waals surface area contributed by atoms with E-state index >= 15 is 0 Å². The van der Waals surface area contributed by atoms with Crippen LogP contribution in [0.2, 0.25) is 0 Å². The molecule has 0 aliphatic rings. The third kappa shape index (κ3) is 4.31. The van der Waals surface area contributed by atoms with E-state index in [9.17, 15) is 0 Å². The molecule has 0 saturated carbocycles. The maximum absolute atomic E-state index is 8.91. The first kappa shape index (κ1) is 13.2. The predicted octanol–water partition coefficient (Wildman–Crippen LogP) is 1.69. The number of ether oxygens (including phenoxy) is 1. The summed E-state index contributed by atoms with van der Waals surface area (Å²) in [5.41, 5.74) is 2.02. The van der Waals surface area contributed by atoms with Gasteiger partial charge in [0.1, 0.15) is 0 Å². The Labute approximate surface area is 97.4 Å². The first-order valence-electron chi connectivity index (χ1n) is 5.52.